The fourth-order valence-electron chi connectivity index (χ4n) is 2.47. The number of aryl methyl sites for hydroxylation is 2. The molecule has 3 rings (SSSR count). The second-order valence-corrected chi connectivity index (χ2v) is 5.45. The summed E-state index contributed by atoms with van der Waals surface area (Å²) < 4.78 is 0. The van der Waals surface area contributed by atoms with Crippen molar-refractivity contribution in [2.45, 2.75) is 20.3 Å². The summed E-state index contributed by atoms with van der Waals surface area (Å²) >= 11 is 0. The van der Waals surface area contributed by atoms with Gasteiger partial charge in [-0.15, -0.1) is 0 Å². The van der Waals surface area contributed by atoms with Crippen molar-refractivity contribution in [1.82, 2.24) is 0 Å². The van der Waals surface area contributed by atoms with Gasteiger partial charge >= 0.3 is 0 Å². The summed E-state index contributed by atoms with van der Waals surface area (Å²) in [4.78, 5) is 23.8. The molecule has 0 radical (unpaired) electrons. The summed E-state index contributed by atoms with van der Waals surface area (Å²) in [5.74, 6) is 0. The highest BCUT2D eigenvalue weighted by molar-refractivity contribution is 5.84. The summed E-state index contributed by atoms with van der Waals surface area (Å²) in [7, 11) is 0. The molecular weight excluding hydrogens is 274 g/mol. The SMILES string of the molecule is CCc1ccc(Nc2c(-c3ccc(C)cc3)c(=O)c2=O)cc1. The molecular formula is C19H17NO2. The van der Waals surface area contributed by atoms with Crippen molar-refractivity contribution in [2.24, 2.45) is 0 Å². The van der Waals surface area contributed by atoms with E-state index in [1.165, 1.54) is 5.56 Å². The lowest BCUT2D eigenvalue weighted by atomic mass is 9.97. The van der Waals surface area contributed by atoms with E-state index in [1.807, 2.05) is 55.5 Å². The molecule has 0 saturated heterocycles. The molecule has 0 atom stereocenters. The number of rotatable bonds is 4. The van der Waals surface area contributed by atoms with Gasteiger partial charge in [-0.3, -0.25) is 9.59 Å². The Morgan fingerprint density at radius 1 is 0.864 bits per heavy atom. The Morgan fingerprint density at radius 2 is 1.50 bits per heavy atom. The van der Waals surface area contributed by atoms with Gasteiger partial charge in [0, 0.05) is 5.69 Å². The minimum atomic E-state index is -0.449. The van der Waals surface area contributed by atoms with Crippen molar-refractivity contribution >= 4 is 11.4 Å². The summed E-state index contributed by atoms with van der Waals surface area (Å²) in [6.45, 7) is 4.08. The van der Waals surface area contributed by atoms with E-state index >= 15 is 0 Å². The Morgan fingerprint density at radius 3 is 2.09 bits per heavy atom. The Kier molecular flexibility index (Phi) is 3.63. The van der Waals surface area contributed by atoms with Crippen molar-refractivity contribution in [3.05, 3.63) is 80.1 Å². The predicted octanol–water partition coefficient (Wildman–Crippen LogP) is 3.56. The third-order valence-electron chi connectivity index (χ3n) is 3.88. The molecule has 0 aliphatic carbocycles. The van der Waals surface area contributed by atoms with Crippen LogP contribution in [0.15, 0.2) is 58.1 Å². The standard InChI is InChI=1S/C19H17NO2/c1-3-13-6-10-15(11-7-13)20-17-16(18(21)19(17)22)14-8-4-12(2)5-9-14/h4-11,20H,3H2,1-2H3. The van der Waals surface area contributed by atoms with E-state index in [9.17, 15) is 9.59 Å². The average Bonchev–Trinajstić information content (AvgIpc) is 2.56. The smallest absolute Gasteiger partial charge is 0.250 e. The van der Waals surface area contributed by atoms with Crippen molar-refractivity contribution in [1.29, 1.82) is 0 Å². The third-order valence-corrected chi connectivity index (χ3v) is 3.88. The number of nitrogens with one attached hydrogen (secondary N) is 1. The molecule has 0 heterocycles. The van der Waals surface area contributed by atoms with Gasteiger partial charge in [-0.25, -0.2) is 0 Å². The molecule has 0 bridgehead atoms. The molecule has 3 aromatic rings. The van der Waals surface area contributed by atoms with Crippen LogP contribution in [0.3, 0.4) is 0 Å². The molecule has 0 aliphatic rings. The van der Waals surface area contributed by atoms with Gasteiger partial charge in [-0.1, -0.05) is 48.9 Å². The van der Waals surface area contributed by atoms with Gasteiger partial charge in [-0.05, 0) is 36.6 Å². The summed E-state index contributed by atoms with van der Waals surface area (Å²) in [6, 6.07) is 15.5. The van der Waals surface area contributed by atoms with E-state index < -0.39 is 10.9 Å². The van der Waals surface area contributed by atoms with E-state index in [1.54, 1.807) is 0 Å². The van der Waals surface area contributed by atoms with Crippen LogP contribution in [0.25, 0.3) is 11.1 Å². The highest BCUT2D eigenvalue weighted by Gasteiger charge is 2.22. The summed E-state index contributed by atoms with van der Waals surface area (Å²) in [5.41, 5.74) is 3.94. The largest absolute Gasteiger partial charge is 0.352 e. The molecule has 0 amide bonds. The van der Waals surface area contributed by atoms with Crippen LogP contribution in [-0.2, 0) is 6.42 Å². The lowest BCUT2D eigenvalue weighted by molar-refractivity contribution is 1.14. The molecule has 3 nitrogen and oxygen atoms in total. The highest BCUT2D eigenvalue weighted by atomic mass is 16.2. The minimum absolute atomic E-state index is 0.387. The van der Waals surface area contributed by atoms with Crippen molar-refractivity contribution < 1.29 is 0 Å². The Bertz CT molecular complexity index is 867. The van der Waals surface area contributed by atoms with Crippen LogP contribution in [0.4, 0.5) is 11.4 Å². The molecule has 1 N–H and O–H groups in total. The number of hydrogen-bond acceptors (Lipinski definition) is 3. The Balaban J connectivity index is 1.94. The highest BCUT2D eigenvalue weighted by Crippen LogP contribution is 2.26. The molecule has 3 heteroatoms. The fourth-order valence-corrected chi connectivity index (χ4v) is 2.47. The molecule has 0 aliphatic heterocycles. The molecule has 22 heavy (non-hydrogen) atoms. The second-order valence-electron chi connectivity index (χ2n) is 5.45. The van der Waals surface area contributed by atoms with Crippen LogP contribution >= 0.6 is 0 Å². The van der Waals surface area contributed by atoms with Crippen LogP contribution in [0.2, 0.25) is 0 Å². The third kappa shape index (κ3) is 2.46. The second kappa shape index (κ2) is 5.60. The molecule has 0 spiro atoms. The summed E-state index contributed by atoms with van der Waals surface area (Å²) in [5, 5.41) is 3.08. The fraction of sp³-hybridized carbons (Fsp3) is 0.158. The summed E-state index contributed by atoms with van der Waals surface area (Å²) in [6.07, 6.45) is 0.967. The Hall–Kier alpha value is -2.68. The molecule has 0 aromatic heterocycles. The zero-order chi connectivity index (χ0) is 15.7. The van der Waals surface area contributed by atoms with E-state index in [2.05, 4.69) is 12.2 Å². The maximum atomic E-state index is 11.9. The minimum Gasteiger partial charge on any atom is -0.352 e. The van der Waals surface area contributed by atoms with Crippen molar-refractivity contribution in [3.63, 3.8) is 0 Å². The van der Waals surface area contributed by atoms with Gasteiger partial charge in [0.05, 0.1) is 5.56 Å². The van der Waals surface area contributed by atoms with E-state index in [4.69, 9.17) is 0 Å². The van der Waals surface area contributed by atoms with E-state index in [0.717, 1.165) is 23.2 Å². The maximum Gasteiger partial charge on any atom is 0.250 e. The van der Waals surface area contributed by atoms with E-state index in [-0.39, 0.29) is 0 Å². The van der Waals surface area contributed by atoms with Gasteiger partial charge in [0.1, 0.15) is 5.69 Å². The number of hydrogen-bond donors (Lipinski definition) is 1. The Labute approximate surface area is 128 Å². The van der Waals surface area contributed by atoms with Gasteiger partial charge in [-0.2, -0.15) is 0 Å². The number of benzene rings is 2. The first-order valence-corrected chi connectivity index (χ1v) is 7.36. The predicted molar refractivity (Wildman–Crippen MR) is 90.6 cm³/mol. The zero-order valence-electron chi connectivity index (χ0n) is 12.6. The molecule has 3 aromatic carbocycles. The van der Waals surface area contributed by atoms with Crippen molar-refractivity contribution in [2.75, 3.05) is 5.32 Å². The van der Waals surface area contributed by atoms with E-state index in [0.29, 0.717) is 11.3 Å². The first-order chi connectivity index (χ1) is 10.6. The first-order valence-electron chi connectivity index (χ1n) is 7.36. The topological polar surface area (TPSA) is 46.2 Å². The van der Waals surface area contributed by atoms with Gasteiger partial charge in [0.25, 0.3) is 5.43 Å². The lowest BCUT2D eigenvalue weighted by Crippen LogP contribution is -2.35. The number of anilines is 2. The van der Waals surface area contributed by atoms with Gasteiger partial charge in [0.15, 0.2) is 0 Å². The molecule has 110 valence electrons. The average molecular weight is 291 g/mol. The zero-order valence-corrected chi connectivity index (χ0v) is 12.6. The van der Waals surface area contributed by atoms with Gasteiger partial charge in [0.2, 0.25) is 5.43 Å². The van der Waals surface area contributed by atoms with Gasteiger partial charge < -0.3 is 5.32 Å². The molecule has 0 fully saturated rings. The van der Waals surface area contributed by atoms with Crippen LogP contribution < -0.4 is 16.2 Å². The first kappa shape index (κ1) is 14.3. The van der Waals surface area contributed by atoms with Crippen molar-refractivity contribution in [3.8, 4) is 11.1 Å². The maximum absolute atomic E-state index is 11.9. The monoisotopic (exact) mass is 291 g/mol. The quantitative estimate of drug-likeness (QED) is 0.748. The van der Waals surface area contributed by atoms with Crippen LogP contribution in [-0.4, -0.2) is 0 Å². The van der Waals surface area contributed by atoms with Crippen LogP contribution in [0.5, 0.6) is 0 Å². The van der Waals surface area contributed by atoms with Crippen LogP contribution in [0.1, 0.15) is 18.1 Å². The van der Waals surface area contributed by atoms with Crippen LogP contribution in [0, 0.1) is 6.92 Å². The normalized spacial score (nSPS) is 10.8. The molecule has 0 saturated carbocycles. The lowest BCUT2D eigenvalue weighted by Gasteiger charge is -2.14. The molecule has 0 unspecified atom stereocenters.